The smallest absolute Gasteiger partial charge is 0.273 e. The fourth-order valence-corrected chi connectivity index (χ4v) is 2.83. The van der Waals surface area contributed by atoms with Crippen molar-refractivity contribution in [1.29, 1.82) is 0 Å². The maximum atomic E-state index is 12.1. The Morgan fingerprint density at radius 1 is 1.08 bits per heavy atom. The van der Waals surface area contributed by atoms with E-state index in [1.165, 1.54) is 10.7 Å². The Hall–Kier alpha value is -3.67. The van der Waals surface area contributed by atoms with E-state index in [-0.39, 0.29) is 12.2 Å². The number of H-pyrrole nitrogens is 1. The van der Waals surface area contributed by atoms with Crippen LogP contribution in [0.5, 0.6) is 5.75 Å². The third-order valence-electron chi connectivity index (χ3n) is 4.04. The van der Waals surface area contributed by atoms with Gasteiger partial charge in [0, 0.05) is 17.8 Å². The average molecular weight is 345 g/mol. The van der Waals surface area contributed by atoms with E-state index >= 15 is 0 Å². The highest BCUT2D eigenvalue weighted by Gasteiger charge is 2.08. The van der Waals surface area contributed by atoms with Crippen LogP contribution in [0.1, 0.15) is 16.1 Å². The van der Waals surface area contributed by atoms with Gasteiger partial charge < -0.3 is 4.74 Å². The Balaban J connectivity index is 1.59. The Labute approximate surface area is 148 Å². The van der Waals surface area contributed by atoms with Gasteiger partial charge in [0.15, 0.2) is 12.1 Å². The van der Waals surface area contributed by atoms with Crippen LogP contribution >= 0.6 is 0 Å². The van der Waals surface area contributed by atoms with E-state index in [0.717, 1.165) is 17.1 Å². The average Bonchev–Trinajstić information content (AvgIpc) is 3.07. The van der Waals surface area contributed by atoms with Crippen molar-refractivity contribution in [3.05, 3.63) is 88.5 Å². The highest BCUT2D eigenvalue weighted by molar-refractivity contribution is 5.99. The van der Waals surface area contributed by atoms with Crippen molar-refractivity contribution in [3.63, 3.8) is 0 Å². The summed E-state index contributed by atoms with van der Waals surface area (Å²) >= 11 is 0. The molecule has 0 bridgehead atoms. The molecule has 6 nitrogen and oxygen atoms in total. The van der Waals surface area contributed by atoms with Gasteiger partial charge in [-0.1, -0.05) is 30.3 Å². The maximum Gasteiger partial charge on any atom is 0.273 e. The molecule has 26 heavy (non-hydrogen) atoms. The van der Waals surface area contributed by atoms with Crippen LogP contribution in [0.15, 0.2) is 71.7 Å². The molecule has 0 atom stereocenters. The molecule has 0 amide bonds. The quantitative estimate of drug-likeness (QED) is 0.564. The summed E-state index contributed by atoms with van der Waals surface area (Å²) in [5.74, 6) is 1.08. The molecule has 2 aromatic heterocycles. The van der Waals surface area contributed by atoms with Crippen molar-refractivity contribution < 1.29 is 9.53 Å². The number of pyridine rings is 1. The number of ether oxygens (including phenoxy) is 1. The fraction of sp³-hybridized carbons (Fsp3) is 0.0500. The molecule has 2 aromatic carbocycles. The van der Waals surface area contributed by atoms with Gasteiger partial charge in [-0.3, -0.25) is 14.7 Å². The molecular weight excluding hydrogens is 330 g/mol. The zero-order valence-corrected chi connectivity index (χ0v) is 13.8. The van der Waals surface area contributed by atoms with Crippen LogP contribution in [-0.2, 0) is 6.61 Å². The molecule has 0 aliphatic rings. The van der Waals surface area contributed by atoms with E-state index in [1.807, 2.05) is 36.4 Å². The third kappa shape index (κ3) is 3.00. The molecule has 128 valence electrons. The molecule has 4 aromatic rings. The summed E-state index contributed by atoms with van der Waals surface area (Å²) in [4.78, 5) is 27.6. The number of fused-ring (bicyclic) bond motifs is 1. The predicted molar refractivity (Wildman–Crippen MR) is 97.9 cm³/mol. The van der Waals surface area contributed by atoms with E-state index in [0.29, 0.717) is 22.8 Å². The second-order valence-electron chi connectivity index (χ2n) is 5.78. The van der Waals surface area contributed by atoms with Gasteiger partial charge in [0.25, 0.3) is 5.56 Å². The van der Waals surface area contributed by atoms with Gasteiger partial charge in [-0.2, -0.15) is 0 Å². The maximum absolute atomic E-state index is 12.1. The minimum Gasteiger partial charge on any atom is -0.487 e. The Kier molecular flexibility index (Phi) is 4.07. The lowest BCUT2D eigenvalue weighted by Gasteiger charge is -2.08. The molecule has 4 rings (SSSR count). The summed E-state index contributed by atoms with van der Waals surface area (Å²) in [6.45, 7) is 0.172. The topological polar surface area (TPSA) is 77.0 Å². The van der Waals surface area contributed by atoms with Crippen LogP contribution in [0.3, 0.4) is 0 Å². The molecule has 0 saturated carbocycles. The largest absolute Gasteiger partial charge is 0.487 e. The lowest BCUT2D eigenvalue weighted by molar-refractivity contribution is 0.112. The second kappa shape index (κ2) is 6.68. The van der Waals surface area contributed by atoms with Crippen molar-refractivity contribution in [1.82, 2.24) is 14.8 Å². The monoisotopic (exact) mass is 345 g/mol. The van der Waals surface area contributed by atoms with E-state index in [9.17, 15) is 9.59 Å². The molecule has 0 aliphatic heterocycles. The van der Waals surface area contributed by atoms with Crippen LogP contribution in [0.2, 0.25) is 0 Å². The Morgan fingerprint density at radius 2 is 1.92 bits per heavy atom. The van der Waals surface area contributed by atoms with Gasteiger partial charge in [-0.05, 0) is 35.0 Å². The number of carbonyl (C=O) groups is 1. The van der Waals surface area contributed by atoms with Crippen molar-refractivity contribution in [3.8, 4) is 11.6 Å². The van der Waals surface area contributed by atoms with E-state index in [2.05, 4.69) is 10.1 Å². The van der Waals surface area contributed by atoms with Gasteiger partial charge in [-0.25, -0.2) is 9.67 Å². The molecule has 0 saturated heterocycles. The van der Waals surface area contributed by atoms with Crippen LogP contribution in [-0.4, -0.2) is 21.1 Å². The van der Waals surface area contributed by atoms with Crippen molar-refractivity contribution in [2.24, 2.45) is 0 Å². The van der Waals surface area contributed by atoms with Gasteiger partial charge in [-0.15, -0.1) is 0 Å². The first-order valence-corrected chi connectivity index (χ1v) is 8.08. The minimum atomic E-state index is -0.214. The summed E-state index contributed by atoms with van der Waals surface area (Å²) in [6, 6.07) is 18.0. The van der Waals surface area contributed by atoms with Crippen LogP contribution < -0.4 is 10.3 Å². The summed E-state index contributed by atoms with van der Waals surface area (Å²) in [6.07, 6.45) is 2.43. The van der Waals surface area contributed by atoms with Crippen LogP contribution in [0.25, 0.3) is 16.6 Å². The molecular formula is C20H15N3O3. The fourth-order valence-electron chi connectivity index (χ4n) is 2.83. The highest BCUT2D eigenvalue weighted by Crippen LogP contribution is 2.25. The summed E-state index contributed by atoms with van der Waals surface area (Å²) in [7, 11) is 0. The lowest BCUT2D eigenvalue weighted by Crippen LogP contribution is -2.14. The number of hydrogen-bond donors (Lipinski definition) is 1. The van der Waals surface area contributed by atoms with E-state index in [1.54, 1.807) is 24.4 Å². The summed E-state index contributed by atoms with van der Waals surface area (Å²) in [5.41, 5.74) is 0.966. The van der Waals surface area contributed by atoms with Gasteiger partial charge >= 0.3 is 0 Å². The first-order valence-electron chi connectivity index (χ1n) is 8.08. The zero-order chi connectivity index (χ0) is 17.9. The first kappa shape index (κ1) is 15.8. The normalized spacial score (nSPS) is 10.8. The lowest BCUT2D eigenvalue weighted by atomic mass is 10.1. The standard InChI is InChI=1S/C20H15N3O3/c24-12-15-10-17(9-14-5-1-2-6-18(14)15)26-13-16-11-20(25)23(22-16)19-7-3-4-8-21-19/h1-12,22H,13H2. The molecule has 6 heteroatoms. The van der Waals surface area contributed by atoms with Gasteiger partial charge in [0.2, 0.25) is 0 Å². The Bertz CT molecular complexity index is 1130. The van der Waals surface area contributed by atoms with Crippen molar-refractivity contribution in [2.45, 2.75) is 6.61 Å². The molecule has 0 aliphatic carbocycles. The number of nitrogens with zero attached hydrogens (tertiary/aromatic N) is 2. The SMILES string of the molecule is O=Cc1cc(OCc2cc(=O)n(-c3ccccn3)[nH]2)cc2ccccc12. The van der Waals surface area contributed by atoms with E-state index < -0.39 is 0 Å². The molecule has 2 heterocycles. The third-order valence-corrected chi connectivity index (χ3v) is 4.04. The molecule has 0 fully saturated rings. The van der Waals surface area contributed by atoms with Gasteiger partial charge in [0.05, 0.1) is 5.69 Å². The van der Waals surface area contributed by atoms with Crippen molar-refractivity contribution >= 4 is 17.1 Å². The summed E-state index contributed by atoms with van der Waals surface area (Å²) < 4.78 is 7.14. The number of hydrogen-bond acceptors (Lipinski definition) is 4. The molecule has 1 N–H and O–H groups in total. The number of benzene rings is 2. The Morgan fingerprint density at radius 3 is 2.73 bits per heavy atom. The number of carbonyl (C=O) groups excluding carboxylic acids is 1. The van der Waals surface area contributed by atoms with Crippen molar-refractivity contribution in [2.75, 3.05) is 0 Å². The minimum absolute atomic E-state index is 0.172. The predicted octanol–water partition coefficient (Wildman–Crippen LogP) is 3.11. The van der Waals surface area contributed by atoms with Crippen LogP contribution in [0, 0.1) is 0 Å². The van der Waals surface area contributed by atoms with Crippen LogP contribution in [0.4, 0.5) is 0 Å². The second-order valence-corrected chi connectivity index (χ2v) is 5.78. The molecule has 0 unspecified atom stereocenters. The van der Waals surface area contributed by atoms with E-state index in [4.69, 9.17) is 4.74 Å². The number of aromatic nitrogens is 3. The highest BCUT2D eigenvalue weighted by atomic mass is 16.5. The number of aldehydes is 1. The number of nitrogens with one attached hydrogen (secondary N) is 1. The number of rotatable bonds is 5. The molecule has 0 radical (unpaired) electrons. The first-order chi connectivity index (χ1) is 12.7. The summed E-state index contributed by atoms with van der Waals surface area (Å²) in [5, 5.41) is 4.78. The number of aromatic amines is 1. The zero-order valence-electron chi connectivity index (χ0n) is 13.8. The van der Waals surface area contributed by atoms with Gasteiger partial charge in [0.1, 0.15) is 12.4 Å². The molecule has 0 spiro atoms.